The maximum Gasteiger partial charge on any atom is 0.220 e. The highest BCUT2D eigenvalue weighted by atomic mass is 35.5. The molecule has 1 amide bonds. The van der Waals surface area contributed by atoms with E-state index in [1.807, 2.05) is 6.08 Å². The summed E-state index contributed by atoms with van der Waals surface area (Å²) in [5, 5.41) is 3.35. The molecule has 5 aliphatic rings. The Balaban J connectivity index is 0.00000368. The number of likely N-dealkylation sites (tertiary alicyclic amines) is 1. The van der Waals surface area contributed by atoms with Crippen LogP contribution in [0.4, 0.5) is 0 Å². The van der Waals surface area contributed by atoms with Gasteiger partial charge in [0.05, 0.1) is 26.2 Å². The van der Waals surface area contributed by atoms with Gasteiger partial charge >= 0.3 is 0 Å². The van der Waals surface area contributed by atoms with Crippen LogP contribution in [0.5, 0.6) is 0 Å². The molecule has 4 aliphatic carbocycles. The highest BCUT2D eigenvalue weighted by Gasteiger charge is 2.60. The van der Waals surface area contributed by atoms with E-state index in [9.17, 15) is 4.79 Å². The molecule has 240 valence electrons. The number of quaternary nitrogens is 1. The zero-order valence-corrected chi connectivity index (χ0v) is 28.5. The van der Waals surface area contributed by atoms with Crippen molar-refractivity contribution in [1.82, 2.24) is 5.32 Å². The van der Waals surface area contributed by atoms with Crippen LogP contribution in [0.1, 0.15) is 122 Å². The molecule has 0 spiro atoms. The molecule has 4 heteroatoms. The van der Waals surface area contributed by atoms with Crippen molar-refractivity contribution in [3.05, 3.63) is 42.0 Å². The normalized spacial score (nSPS) is 36.9. The Labute approximate surface area is 270 Å². The third-order valence-corrected chi connectivity index (χ3v) is 14.3. The van der Waals surface area contributed by atoms with Gasteiger partial charge in [0.2, 0.25) is 5.91 Å². The van der Waals surface area contributed by atoms with Crippen molar-refractivity contribution in [2.75, 3.05) is 26.2 Å². The lowest BCUT2D eigenvalue weighted by molar-refractivity contribution is -0.928. The molecule has 2 unspecified atom stereocenters. The fraction of sp³-hybridized carbons (Fsp3) is 0.769. The van der Waals surface area contributed by atoms with Crippen molar-refractivity contribution in [2.45, 2.75) is 117 Å². The Kier molecular flexibility index (Phi) is 10.4. The van der Waals surface area contributed by atoms with Gasteiger partial charge in [-0.25, -0.2) is 0 Å². The van der Waals surface area contributed by atoms with E-state index in [1.165, 1.54) is 101 Å². The summed E-state index contributed by atoms with van der Waals surface area (Å²) in [5.41, 5.74) is 3.73. The Bertz CT molecular complexity index is 1090. The minimum atomic E-state index is 0. The van der Waals surface area contributed by atoms with Crippen molar-refractivity contribution in [1.29, 1.82) is 0 Å². The van der Waals surface area contributed by atoms with Crippen LogP contribution in [0.25, 0.3) is 6.08 Å². The second-order valence-electron chi connectivity index (χ2n) is 16.3. The summed E-state index contributed by atoms with van der Waals surface area (Å²) in [6.07, 6.45) is 21.0. The van der Waals surface area contributed by atoms with E-state index in [-0.39, 0.29) is 18.3 Å². The number of benzene rings is 1. The average molecular weight is 609 g/mol. The van der Waals surface area contributed by atoms with Crippen LogP contribution >= 0.6 is 0 Å². The fourth-order valence-electron chi connectivity index (χ4n) is 12.0. The second kappa shape index (κ2) is 13.6. The molecule has 1 aromatic rings. The van der Waals surface area contributed by atoms with Crippen molar-refractivity contribution in [3.8, 4) is 0 Å². The number of hydrogen-bond donors (Lipinski definition) is 1. The molecule has 5 fully saturated rings. The van der Waals surface area contributed by atoms with Gasteiger partial charge in [-0.05, 0) is 110 Å². The Morgan fingerprint density at radius 3 is 2.44 bits per heavy atom. The van der Waals surface area contributed by atoms with Gasteiger partial charge in [0.15, 0.2) is 0 Å². The van der Waals surface area contributed by atoms with Crippen molar-refractivity contribution >= 4 is 12.0 Å². The quantitative estimate of drug-likeness (QED) is 0.323. The summed E-state index contributed by atoms with van der Waals surface area (Å²) in [6.45, 7) is 17.2. The van der Waals surface area contributed by atoms with Crippen LogP contribution in [0.3, 0.4) is 0 Å². The average Bonchev–Trinajstić information content (AvgIpc) is 3.60. The zero-order chi connectivity index (χ0) is 29.4. The van der Waals surface area contributed by atoms with Crippen molar-refractivity contribution in [3.63, 3.8) is 0 Å². The number of fused-ring (bicyclic) bond motifs is 5. The molecule has 3 nitrogen and oxygen atoms in total. The predicted molar refractivity (Wildman–Crippen MR) is 176 cm³/mol. The van der Waals surface area contributed by atoms with Gasteiger partial charge in [0.25, 0.3) is 0 Å². The van der Waals surface area contributed by atoms with Gasteiger partial charge in [-0.1, -0.05) is 70.5 Å². The van der Waals surface area contributed by atoms with E-state index >= 15 is 0 Å². The van der Waals surface area contributed by atoms with Crippen LogP contribution in [-0.2, 0) is 11.3 Å². The molecule has 1 saturated heterocycles. The molecule has 1 aliphatic heterocycles. The van der Waals surface area contributed by atoms with Gasteiger partial charge in [-0.15, -0.1) is 0 Å². The number of nitrogens with zero attached hydrogens (tertiary/aromatic N) is 1. The summed E-state index contributed by atoms with van der Waals surface area (Å²) in [4.78, 5) is 13.1. The second-order valence-corrected chi connectivity index (χ2v) is 16.3. The topological polar surface area (TPSA) is 29.1 Å². The molecule has 0 bridgehead atoms. The minimum Gasteiger partial charge on any atom is -1.00 e. The Hall–Kier alpha value is -1.32. The molecule has 4 saturated carbocycles. The summed E-state index contributed by atoms with van der Waals surface area (Å²) < 4.78 is 1.12. The summed E-state index contributed by atoms with van der Waals surface area (Å²) in [6, 6.07) is 8.88. The number of carbonyl (C=O) groups is 1. The first-order valence-electron chi connectivity index (χ1n) is 18.1. The third kappa shape index (κ3) is 6.51. The number of nitrogens with one attached hydrogen (secondary N) is 1. The first-order chi connectivity index (χ1) is 20.3. The van der Waals surface area contributed by atoms with E-state index in [0.717, 1.165) is 60.1 Å². The molecule has 0 radical (unpaired) electrons. The molecule has 6 rings (SSSR count). The summed E-state index contributed by atoms with van der Waals surface area (Å²) in [7, 11) is 0. The number of amides is 1. The number of carbonyl (C=O) groups excluding carboxylic acids is 1. The van der Waals surface area contributed by atoms with Crippen LogP contribution in [0.2, 0.25) is 0 Å². The van der Waals surface area contributed by atoms with Crippen molar-refractivity contribution < 1.29 is 21.7 Å². The lowest BCUT2D eigenvalue weighted by atomic mass is 9.44. The lowest BCUT2D eigenvalue weighted by Crippen LogP contribution is -3.00. The van der Waals surface area contributed by atoms with Gasteiger partial charge in [-0.2, -0.15) is 0 Å². The molecule has 0 aromatic heterocycles. The fourth-order valence-corrected chi connectivity index (χ4v) is 12.0. The monoisotopic (exact) mass is 608 g/mol. The molecular formula is C39H61ClN2O. The maximum atomic E-state index is 13.1. The van der Waals surface area contributed by atoms with Gasteiger partial charge in [0, 0.05) is 24.8 Å². The predicted octanol–water partition coefficient (Wildman–Crippen LogP) is 6.03. The van der Waals surface area contributed by atoms with E-state index in [2.05, 4.69) is 56.9 Å². The number of halogens is 1. The number of hydrogen-bond acceptors (Lipinski definition) is 1. The van der Waals surface area contributed by atoms with Crippen LogP contribution in [0.15, 0.2) is 30.8 Å². The van der Waals surface area contributed by atoms with Crippen LogP contribution in [-0.4, -0.2) is 36.6 Å². The molecule has 1 aromatic carbocycles. The molecule has 43 heavy (non-hydrogen) atoms. The third-order valence-electron chi connectivity index (χ3n) is 14.3. The molecule has 8 atom stereocenters. The van der Waals surface area contributed by atoms with Crippen LogP contribution in [0, 0.1) is 46.3 Å². The summed E-state index contributed by atoms with van der Waals surface area (Å²) in [5.74, 6) is 5.65. The number of rotatable bonds is 10. The zero-order valence-electron chi connectivity index (χ0n) is 27.7. The standard InChI is InChI=1S/C39H60N2O.ClH/c1-5-30-12-14-31(15-13-30)28-41(25-8-9-26-41)27-24-40-37(42)20-11-29(2)34-18-19-35-33-17-16-32-10-6-7-22-38(32,3)36(33)21-23-39(34,35)4;/h5,12-15,29,32-36H,1,6-11,16-28H2,2-4H3;1H/t29?,32?,33-,34+,35-,36-,38-,39+;/m0./s1. The van der Waals surface area contributed by atoms with E-state index in [4.69, 9.17) is 0 Å². The van der Waals surface area contributed by atoms with E-state index < -0.39 is 0 Å². The smallest absolute Gasteiger partial charge is 0.220 e. The Morgan fingerprint density at radius 1 is 0.953 bits per heavy atom. The highest BCUT2D eigenvalue weighted by Crippen LogP contribution is 2.68. The van der Waals surface area contributed by atoms with E-state index in [0.29, 0.717) is 23.2 Å². The molecule has 1 heterocycles. The van der Waals surface area contributed by atoms with E-state index in [1.54, 1.807) is 0 Å². The Morgan fingerprint density at radius 2 is 1.70 bits per heavy atom. The van der Waals surface area contributed by atoms with Gasteiger partial charge in [-0.3, -0.25) is 4.79 Å². The lowest BCUT2D eigenvalue weighted by Gasteiger charge is -2.61. The van der Waals surface area contributed by atoms with Crippen LogP contribution < -0.4 is 17.7 Å². The van der Waals surface area contributed by atoms with Gasteiger partial charge in [0.1, 0.15) is 6.54 Å². The SMILES string of the molecule is C=Cc1ccc(C[N+]2(CCNC(=O)CCC(C)[C@H]3CC[C@H]4[C@@H]5CCC6CCCC[C@]6(C)[C@H]5CC[C@]34C)CCCC2)cc1.[Cl-]. The first kappa shape index (κ1) is 33.1. The van der Waals surface area contributed by atoms with Crippen molar-refractivity contribution in [2.24, 2.45) is 46.3 Å². The summed E-state index contributed by atoms with van der Waals surface area (Å²) >= 11 is 0. The maximum absolute atomic E-state index is 13.1. The minimum absolute atomic E-state index is 0. The first-order valence-corrected chi connectivity index (χ1v) is 18.1. The molecular weight excluding hydrogens is 548 g/mol. The highest BCUT2D eigenvalue weighted by molar-refractivity contribution is 5.75. The van der Waals surface area contributed by atoms with Gasteiger partial charge < -0.3 is 22.2 Å². The molecule has 1 N–H and O–H groups in total. The largest absolute Gasteiger partial charge is 1.00 e.